The maximum Gasteiger partial charge on any atom is 0.333 e. The van der Waals surface area contributed by atoms with Crippen LogP contribution >= 0.6 is 0 Å². The van der Waals surface area contributed by atoms with Crippen LogP contribution < -0.4 is 19.3 Å². The lowest BCUT2D eigenvalue weighted by Crippen LogP contribution is -2.28. The van der Waals surface area contributed by atoms with Gasteiger partial charge in [0.25, 0.3) is 0 Å². The van der Waals surface area contributed by atoms with E-state index in [0.717, 1.165) is 43.1 Å². The molecular weight excluding hydrogens is 464 g/mol. The molecule has 0 spiro atoms. The van der Waals surface area contributed by atoms with E-state index >= 15 is 0 Å². The monoisotopic (exact) mass is 502 g/mol. The largest absolute Gasteiger partial charge is 0.492 e. The average Bonchev–Trinajstić information content (AvgIpc) is 2.93. The smallest absolute Gasteiger partial charge is 0.333 e. The first-order valence-electron chi connectivity index (χ1n) is 12.8. The molecule has 196 valence electrons. The van der Waals surface area contributed by atoms with Crippen LogP contribution in [0.4, 0.5) is 11.4 Å². The molecule has 0 radical (unpaired) electrons. The molecule has 0 saturated heterocycles. The summed E-state index contributed by atoms with van der Waals surface area (Å²) in [5, 5.41) is 0. The Balaban J connectivity index is 1.65. The van der Waals surface area contributed by atoms with Gasteiger partial charge in [0, 0.05) is 36.1 Å². The molecule has 0 aliphatic rings. The van der Waals surface area contributed by atoms with Crippen molar-refractivity contribution in [2.24, 2.45) is 0 Å². The number of para-hydroxylation sites is 2. The molecule has 0 amide bonds. The van der Waals surface area contributed by atoms with Gasteiger partial charge in [-0.1, -0.05) is 43.0 Å². The quantitative estimate of drug-likeness (QED) is 0.184. The van der Waals surface area contributed by atoms with Gasteiger partial charge in [0.15, 0.2) is 0 Å². The summed E-state index contributed by atoms with van der Waals surface area (Å²) in [6, 6.07) is 26.2. The molecular formula is C31H38N2O4. The summed E-state index contributed by atoms with van der Waals surface area (Å²) in [4.78, 5) is 16.4. The Kier molecular flexibility index (Phi) is 10.9. The predicted molar refractivity (Wildman–Crippen MR) is 151 cm³/mol. The Hall–Kier alpha value is -3.93. The molecule has 0 fully saturated rings. The van der Waals surface area contributed by atoms with Crippen LogP contribution in [0.2, 0.25) is 0 Å². The number of esters is 1. The molecule has 0 aliphatic carbocycles. The van der Waals surface area contributed by atoms with E-state index in [2.05, 4.69) is 54.5 Å². The summed E-state index contributed by atoms with van der Waals surface area (Å²) in [6.07, 6.45) is 0. The Morgan fingerprint density at radius 1 is 0.757 bits per heavy atom. The average molecular weight is 503 g/mol. The lowest BCUT2D eigenvalue weighted by atomic mass is 10.2. The molecule has 6 nitrogen and oxygen atoms in total. The van der Waals surface area contributed by atoms with Crippen molar-refractivity contribution in [1.29, 1.82) is 0 Å². The van der Waals surface area contributed by atoms with Crippen LogP contribution in [0.5, 0.6) is 11.5 Å². The number of nitrogens with zero attached hydrogens (tertiary/aromatic N) is 2. The van der Waals surface area contributed by atoms with E-state index in [4.69, 9.17) is 14.2 Å². The third-order valence-corrected chi connectivity index (χ3v) is 5.92. The second-order valence-corrected chi connectivity index (χ2v) is 8.70. The van der Waals surface area contributed by atoms with Crippen LogP contribution in [-0.4, -0.2) is 45.4 Å². The molecule has 0 unspecified atom stereocenters. The van der Waals surface area contributed by atoms with E-state index in [1.807, 2.05) is 54.6 Å². The minimum atomic E-state index is -0.420. The third kappa shape index (κ3) is 8.90. The second-order valence-electron chi connectivity index (χ2n) is 8.70. The molecule has 37 heavy (non-hydrogen) atoms. The number of hydrogen-bond acceptors (Lipinski definition) is 6. The fourth-order valence-electron chi connectivity index (χ4n) is 3.92. The molecule has 3 aromatic rings. The molecule has 6 heteroatoms. The number of hydrogen-bond donors (Lipinski definition) is 0. The van der Waals surface area contributed by atoms with E-state index < -0.39 is 5.97 Å². The highest BCUT2D eigenvalue weighted by atomic mass is 16.5. The Bertz CT molecular complexity index is 1050. The first kappa shape index (κ1) is 27.7. The molecule has 0 aromatic heterocycles. The Morgan fingerprint density at radius 2 is 1.22 bits per heavy atom. The van der Waals surface area contributed by atoms with Gasteiger partial charge in [0.1, 0.15) is 31.3 Å². The highest BCUT2D eigenvalue weighted by Gasteiger charge is 2.10. The van der Waals surface area contributed by atoms with Crippen molar-refractivity contribution in [3.63, 3.8) is 0 Å². The van der Waals surface area contributed by atoms with E-state index in [0.29, 0.717) is 30.3 Å². The Morgan fingerprint density at radius 3 is 1.62 bits per heavy atom. The topological polar surface area (TPSA) is 51.2 Å². The number of anilines is 2. The van der Waals surface area contributed by atoms with E-state index in [9.17, 15) is 4.79 Å². The summed E-state index contributed by atoms with van der Waals surface area (Å²) < 4.78 is 17.6. The number of carbonyl (C=O) groups excluding carboxylic acids is 1. The van der Waals surface area contributed by atoms with Crippen LogP contribution in [0.25, 0.3) is 0 Å². The maximum atomic E-state index is 11.9. The number of ether oxygens (including phenoxy) is 3. The van der Waals surface area contributed by atoms with Gasteiger partial charge in [-0.2, -0.15) is 0 Å². The summed E-state index contributed by atoms with van der Waals surface area (Å²) in [6.45, 7) is 13.9. The molecule has 0 heterocycles. The van der Waals surface area contributed by atoms with Crippen LogP contribution in [0.3, 0.4) is 0 Å². The molecule has 0 bridgehead atoms. The van der Waals surface area contributed by atoms with Gasteiger partial charge < -0.3 is 24.0 Å². The number of carbonyl (C=O) groups is 1. The zero-order chi connectivity index (χ0) is 26.5. The number of likely N-dealkylation sites (N-methyl/N-ethyl adjacent to an activating group) is 2. The highest BCUT2D eigenvalue weighted by Crippen LogP contribution is 2.25. The van der Waals surface area contributed by atoms with E-state index in [-0.39, 0.29) is 6.61 Å². The maximum absolute atomic E-state index is 11.9. The van der Waals surface area contributed by atoms with Gasteiger partial charge in [-0.05, 0) is 62.7 Å². The van der Waals surface area contributed by atoms with Crippen molar-refractivity contribution in [2.45, 2.75) is 27.4 Å². The van der Waals surface area contributed by atoms with Gasteiger partial charge in [0.2, 0.25) is 0 Å². The van der Waals surface area contributed by atoms with Gasteiger partial charge in [-0.3, -0.25) is 0 Å². The van der Waals surface area contributed by atoms with Gasteiger partial charge in [-0.25, -0.2) is 4.79 Å². The van der Waals surface area contributed by atoms with Crippen molar-refractivity contribution in [3.8, 4) is 11.5 Å². The molecule has 0 atom stereocenters. The van der Waals surface area contributed by atoms with Crippen LogP contribution in [0, 0.1) is 0 Å². The standard InChI is InChI=1S/C31H38N2O4/c1-5-32(27-13-9-7-10-14-27)17-19-35-29-21-26(24-37-31(34)25(3)4)22-30(23-29)36-20-18-33(6-2)28-15-11-8-12-16-28/h7-16,21-23H,3,5-6,17-20,24H2,1-2,4H3. The summed E-state index contributed by atoms with van der Waals surface area (Å²) in [5.74, 6) is 0.938. The lowest BCUT2D eigenvalue weighted by molar-refractivity contribution is -0.140. The minimum Gasteiger partial charge on any atom is -0.492 e. The first-order chi connectivity index (χ1) is 18.0. The third-order valence-electron chi connectivity index (χ3n) is 5.92. The highest BCUT2D eigenvalue weighted by molar-refractivity contribution is 5.86. The molecule has 3 aromatic carbocycles. The minimum absolute atomic E-state index is 0.120. The zero-order valence-electron chi connectivity index (χ0n) is 22.2. The normalized spacial score (nSPS) is 10.5. The van der Waals surface area contributed by atoms with Crippen molar-refractivity contribution in [3.05, 3.63) is 96.6 Å². The zero-order valence-corrected chi connectivity index (χ0v) is 22.2. The van der Waals surface area contributed by atoms with Crippen LogP contribution in [-0.2, 0) is 16.1 Å². The van der Waals surface area contributed by atoms with Crippen molar-refractivity contribution >= 4 is 17.3 Å². The van der Waals surface area contributed by atoms with Gasteiger partial charge in [0.05, 0.1) is 13.1 Å². The molecule has 0 N–H and O–H groups in total. The fraction of sp³-hybridized carbons (Fsp3) is 0.323. The van der Waals surface area contributed by atoms with E-state index in [1.165, 1.54) is 0 Å². The van der Waals surface area contributed by atoms with Gasteiger partial charge in [-0.15, -0.1) is 0 Å². The van der Waals surface area contributed by atoms with Crippen LogP contribution in [0.1, 0.15) is 26.3 Å². The van der Waals surface area contributed by atoms with E-state index in [1.54, 1.807) is 6.92 Å². The Labute approximate surface area is 221 Å². The summed E-state index contributed by atoms with van der Waals surface area (Å²) >= 11 is 0. The van der Waals surface area contributed by atoms with Crippen LogP contribution in [0.15, 0.2) is 91.0 Å². The fourth-order valence-corrected chi connectivity index (χ4v) is 3.92. The predicted octanol–water partition coefficient (Wildman–Crippen LogP) is 6.12. The number of rotatable bonds is 15. The number of benzene rings is 3. The van der Waals surface area contributed by atoms with Crippen molar-refractivity contribution < 1.29 is 19.0 Å². The second kappa shape index (κ2) is 14.6. The summed E-state index contributed by atoms with van der Waals surface area (Å²) in [5.41, 5.74) is 3.49. The SMILES string of the molecule is C=C(C)C(=O)OCc1cc(OCCN(CC)c2ccccc2)cc(OCCN(CC)c2ccccc2)c1. The summed E-state index contributed by atoms with van der Waals surface area (Å²) in [7, 11) is 0. The molecule has 3 rings (SSSR count). The van der Waals surface area contributed by atoms with Crippen molar-refractivity contribution in [2.75, 3.05) is 49.2 Å². The lowest BCUT2D eigenvalue weighted by Gasteiger charge is -2.24. The molecule has 0 aliphatic heterocycles. The van der Waals surface area contributed by atoms with Gasteiger partial charge >= 0.3 is 5.97 Å². The van der Waals surface area contributed by atoms with Crippen molar-refractivity contribution in [1.82, 2.24) is 0 Å². The first-order valence-corrected chi connectivity index (χ1v) is 12.8. The molecule has 0 saturated carbocycles.